The smallest absolute Gasteiger partial charge is 0.109 e. The van der Waals surface area contributed by atoms with Crippen molar-refractivity contribution in [1.29, 1.82) is 0 Å². The van der Waals surface area contributed by atoms with Gasteiger partial charge in [-0.2, -0.15) is 0 Å². The van der Waals surface area contributed by atoms with Gasteiger partial charge in [0.05, 0.1) is 6.61 Å². The molecule has 0 saturated heterocycles. The van der Waals surface area contributed by atoms with Crippen LogP contribution in [0.25, 0.3) is 0 Å². The monoisotopic (exact) mass is 276 g/mol. The average Bonchev–Trinajstić information content (AvgIpc) is 2.06. The topological polar surface area (TPSA) is 9.23 Å². The predicted octanol–water partition coefficient (Wildman–Crippen LogP) is 3.23. The molecule has 1 aromatic carbocycles. The Hall–Kier alpha value is -0.0900. The van der Waals surface area contributed by atoms with Crippen molar-refractivity contribution in [2.45, 2.75) is 13.3 Å². The highest BCUT2D eigenvalue weighted by atomic mass is 127. The highest BCUT2D eigenvalue weighted by Gasteiger charge is 2.02. The van der Waals surface area contributed by atoms with Gasteiger partial charge in [0.2, 0.25) is 0 Å². The van der Waals surface area contributed by atoms with Crippen LogP contribution in [0.1, 0.15) is 12.5 Å². The fraction of sp³-hybridized carbons (Fsp3) is 0.400. The van der Waals surface area contributed by atoms with Crippen LogP contribution >= 0.6 is 23.0 Å². The Kier molecular flexibility index (Phi) is 4.61. The van der Waals surface area contributed by atoms with Crippen LogP contribution in [0.15, 0.2) is 30.3 Å². The Morgan fingerprint density at radius 2 is 2.00 bits per heavy atom. The zero-order valence-corrected chi connectivity index (χ0v) is 9.32. The molecule has 0 unspecified atom stereocenters. The molecule has 0 radical (unpaired) electrons. The van der Waals surface area contributed by atoms with Crippen molar-refractivity contribution in [1.82, 2.24) is 0 Å². The van der Waals surface area contributed by atoms with Crippen molar-refractivity contribution in [2.75, 3.05) is 6.61 Å². The summed E-state index contributed by atoms with van der Waals surface area (Å²) in [5.74, 6) is 0.601. The second-order valence-corrected chi connectivity index (χ2v) is 3.69. The second-order valence-electron chi connectivity index (χ2n) is 3.07. The number of halogens is 1. The number of rotatable bonds is 4. The van der Waals surface area contributed by atoms with Crippen LogP contribution in [0.2, 0.25) is 0 Å². The molecule has 0 heterocycles. The van der Waals surface area contributed by atoms with E-state index < -0.39 is 0 Å². The average molecular weight is 276 g/mol. The molecular weight excluding hydrogens is 263 g/mol. The van der Waals surface area contributed by atoms with Gasteiger partial charge in [0.1, 0.15) is 23.0 Å². The molecule has 0 N–H and O–H groups in total. The molecule has 0 bridgehead atoms. The summed E-state index contributed by atoms with van der Waals surface area (Å²) in [6.07, 6.45) is 1.10. The first-order valence-corrected chi connectivity index (χ1v) is 4.98. The lowest BCUT2D eigenvalue weighted by Crippen LogP contribution is -2.04. The van der Waals surface area contributed by atoms with E-state index in [2.05, 4.69) is 31.2 Å². The molecule has 1 aromatic rings. The van der Waals surface area contributed by atoms with Crippen molar-refractivity contribution in [3.05, 3.63) is 35.9 Å². The van der Waals surface area contributed by atoms with Gasteiger partial charge in [-0.25, -0.2) is 0 Å². The highest BCUT2D eigenvalue weighted by Crippen LogP contribution is 2.09. The molecule has 0 aromatic heterocycles. The Bertz CT molecular complexity index is 210. The third kappa shape index (κ3) is 3.54. The number of hydrogen-bond donors (Lipinski definition) is 0. The van der Waals surface area contributed by atoms with E-state index in [-0.39, 0.29) is 0 Å². The Morgan fingerprint density at radius 1 is 1.33 bits per heavy atom. The third-order valence-corrected chi connectivity index (χ3v) is 2.13. The fourth-order valence-corrected chi connectivity index (χ4v) is 1.80. The second kappa shape index (κ2) is 5.54. The summed E-state index contributed by atoms with van der Waals surface area (Å²) < 4.78 is 5.05. The van der Waals surface area contributed by atoms with Gasteiger partial charge in [0.15, 0.2) is 0 Å². The van der Waals surface area contributed by atoms with Gasteiger partial charge >= 0.3 is 0 Å². The summed E-state index contributed by atoms with van der Waals surface area (Å²) >= 11 is 1.95. The van der Waals surface area contributed by atoms with Crippen LogP contribution in [0, 0.1) is 5.92 Å². The van der Waals surface area contributed by atoms with Gasteiger partial charge < -0.3 is 3.07 Å². The van der Waals surface area contributed by atoms with Crippen LogP contribution in [0.4, 0.5) is 0 Å². The zero-order chi connectivity index (χ0) is 8.81. The summed E-state index contributed by atoms with van der Waals surface area (Å²) in [6, 6.07) is 10.5. The van der Waals surface area contributed by atoms with Crippen LogP contribution in [0.5, 0.6) is 0 Å². The van der Waals surface area contributed by atoms with Gasteiger partial charge in [0.25, 0.3) is 0 Å². The van der Waals surface area contributed by atoms with E-state index >= 15 is 0 Å². The quantitative estimate of drug-likeness (QED) is 0.767. The molecule has 0 amide bonds. The predicted molar refractivity (Wildman–Crippen MR) is 59.3 cm³/mol. The third-order valence-electron chi connectivity index (χ3n) is 1.77. The Morgan fingerprint density at radius 3 is 2.58 bits per heavy atom. The molecule has 66 valence electrons. The molecule has 0 fully saturated rings. The molecule has 1 atom stereocenters. The summed E-state index contributed by atoms with van der Waals surface area (Å²) in [5.41, 5.74) is 1.39. The molecule has 1 rings (SSSR count). The SMILES string of the molecule is C[C@H](COI)Cc1ccccc1. The lowest BCUT2D eigenvalue weighted by molar-refractivity contribution is 0.338. The minimum atomic E-state index is 0.601. The van der Waals surface area contributed by atoms with E-state index in [1.807, 2.05) is 29.1 Å². The van der Waals surface area contributed by atoms with Crippen molar-refractivity contribution >= 4 is 23.0 Å². The van der Waals surface area contributed by atoms with Crippen LogP contribution in [0.3, 0.4) is 0 Å². The summed E-state index contributed by atoms with van der Waals surface area (Å²) in [6.45, 7) is 3.03. The molecule has 0 spiro atoms. The van der Waals surface area contributed by atoms with Crippen LogP contribution < -0.4 is 0 Å². The standard InChI is InChI=1S/C10H13IO/c1-9(8-12-11)7-10-5-3-2-4-6-10/h2-6,9H,7-8H2,1H3/t9-/m0/s1. The van der Waals surface area contributed by atoms with Crippen molar-refractivity contribution in [3.8, 4) is 0 Å². The zero-order valence-electron chi connectivity index (χ0n) is 7.16. The molecule has 2 heteroatoms. The van der Waals surface area contributed by atoms with E-state index in [1.54, 1.807) is 0 Å². The molecule has 12 heavy (non-hydrogen) atoms. The lowest BCUT2D eigenvalue weighted by Gasteiger charge is -2.08. The van der Waals surface area contributed by atoms with Gasteiger partial charge in [0, 0.05) is 0 Å². The van der Waals surface area contributed by atoms with E-state index in [9.17, 15) is 0 Å². The maximum absolute atomic E-state index is 5.05. The van der Waals surface area contributed by atoms with Gasteiger partial charge in [-0.15, -0.1) is 0 Å². The first kappa shape index (κ1) is 9.99. The summed E-state index contributed by atoms with van der Waals surface area (Å²) in [7, 11) is 0. The largest absolute Gasteiger partial charge is 0.316 e. The fourth-order valence-electron chi connectivity index (χ4n) is 1.18. The normalized spacial score (nSPS) is 12.8. The molecular formula is C10H13IO. The van der Waals surface area contributed by atoms with Gasteiger partial charge in [-0.3, -0.25) is 0 Å². The first-order valence-electron chi connectivity index (χ1n) is 4.10. The minimum absolute atomic E-state index is 0.601. The summed E-state index contributed by atoms with van der Waals surface area (Å²) in [5, 5.41) is 0. The summed E-state index contributed by atoms with van der Waals surface area (Å²) in [4.78, 5) is 0. The van der Waals surface area contributed by atoms with E-state index in [0.717, 1.165) is 13.0 Å². The van der Waals surface area contributed by atoms with E-state index in [4.69, 9.17) is 3.07 Å². The Balaban J connectivity index is 2.41. The van der Waals surface area contributed by atoms with Crippen molar-refractivity contribution in [2.24, 2.45) is 5.92 Å². The molecule has 0 aliphatic carbocycles. The lowest BCUT2D eigenvalue weighted by atomic mass is 10.0. The molecule has 1 nitrogen and oxygen atoms in total. The maximum atomic E-state index is 5.05. The number of hydrogen-bond acceptors (Lipinski definition) is 1. The molecule has 0 saturated carbocycles. The molecule has 0 aliphatic heterocycles. The van der Waals surface area contributed by atoms with Crippen LogP contribution in [-0.2, 0) is 9.49 Å². The van der Waals surface area contributed by atoms with Gasteiger partial charge in [-0.1, -0.05) is 37.3 Å². The molecule has 0 aliphatic rings. The minimum Gasteiger partial charge on any atom is -0.316 e. The number of benzene rings is 1. The maximum Gasteiger partial charge on any atom is 0.109 e. The van der Waals surface area contributed by atoms with E-state index in [1.165, 1.54) is 5.56 Å². The first-order chi connectivity index (χ1) is 5.83. The van der Waals surface area contributed by atoms with Crippen LogP contribution in [-0.4, -0.2) is 6.61 Å². The highest BCUT2D eigenvalue weighted by molar-refractivity contribution is 14.1. The van der Waals surface area contributed by atoms with E-state index in [0.29, 0.717) is 5.92 Å². The van der Waals surface area contributed by atoms with Gasteiger partial charge in [-0.05, 0) is 17.9 Å². The van der Waals surface area contributed by atoms with Crippen molar-refractivity contribution in [3.63, 3.8) is 0 Å². The van der Waals surface area contributed by atoms with Crippen molar-refractivity contribution < 1.29 is 3.07 Å². The Labute approximate surface area is 87.8 Å².